The fraction of sp³-hybridized carbons (Fsp3) is 0.211. The summed E-state index contributed by atoms with van der Waals surface area (Å²) >= 11 is 1.48. The third kappa shape index (κ3) is 3.68. The molecular formula is C19H18N4O3S2. The maximum absolute atomic E-state index is 12.6. The first-order valence-corrected chi connectivity index (χ1v) is 11.1. The number of carbonyl (C=O) groups is 1. The number of anilines is 1. The first kappa shape index (κ1) is 18.7. The Morgan fingerprint density at radius 2 is 2.11 bits per heavy atom. The van der Waals surface area contributed by atoms with Crippen molar-refractivity contribution in [2.24, 2.45) is 0 Å². The highest BCUT2D eigenvalue weighted by Crippen LogP contribution is 2.33. The molecule has 1 aliphatic rings. The van der Waals surface area contributed by atoms with Crippen molar-refractivity contribution in [3.63, 3.8) is 0 Å². The summed E-state index contributed by atoms with van der Waals surface area (Å²) in [6, 6.07) is 10.3. The van der Waals surface area contributed by atoms with Crippen LogP contribution in [0.25, 0.3) is 10.7 Å². The summed E-state index contributed by atoms with van der Waals surface area (Å²) in [5.74, 6) is -0.477. The number of nitrogens with one attached hydrogen (secondary N) is 2. The number of sulfonamides is 1. The van der Waals surface area contributed by atoms with Crippen LogP contribution in [0.4, 0.5) is 5.69 Å². The Labute approximate surface area is 166 Å². The van der Waals surface area contributed by atoms with Crippen LogP contribution >= 0.6 is 11.3 Å². The van der Waals surface area contributed by atoms with E-state index in [0.29, 0.717) is 17.7 Å². The second kappa shape index (κ2) is 7.42. The predicted molar refractivity (Wildman–Crippen MR) is 108 cm³/mol. The summed E-state index contributed by atoms with van der Waals surface area (Å²) in [7, 11) is -3.66. The van der Waals surface area contributed by atoms with E-state index in [-0.39, 0.29) is 23.3 Å². The smallest absolute Gasteiger partial charge is 0.240 e. The molecule has 1 atom stereocenters. The zero-order valence-electron chi connectivity index (χ0n) is 15.0. The van der Waals surface area contributed by atoms with Gasteiger partial charge in [-0.05, 0) is 42.8 Å². The van der Waals surface area contributed by atoms with E-state index in [4.69, 9.17) is 0 Å². The summed E-state index contributed by atoms with van der Waals surface area (Å²) in [4.78, 5) is 20.7. The highest BCUT2D eigenvalue weighted by molar-refractivity contribution is 7.89. The van der Waals surface area contributed by atoms with Crippen LogP contribution in [-0.4, -0.2) is 30.8 Å². The third-order valence-corrected chi connectivity index (χ3v) is 6.93. The van der Waals surface area contributed by atoms with E-state index in [1.54, 1.807) is 25.3 Å². The molecule has 4 rings (SSSR count). The summed E-state index contributed by atoms with van der Waals surface area (Å²) < 4.78 is 27.8. The number of hydrogen-bond donors (Lipinski definition) is 2. The number of pyridine rings is 1. The quantitative estimate of drug-likeness (QED) is 0.646. The average molecular weight is 415 g/mol. The molecule has 144 valence electrons. The lowest BCUT2D eigenvalue weighted by molar-refractivity contribution is -0.116. The lowest BCUT2D eigenvalue weighted by Gasteiger charge is -2.08. The molecule has 0 saturated heterocycles. The van der Waals surface area contributed by atoms with Crippen molar-refractivity contribution in [1.29, 1.82) is 0 Å². The maximum atomic E-state index is 12.6. The molecule has 9 heteroatoms. The average Bonchev–Trinajstić information content (AvgIpc) is 3.27. The van der Waals surface area contributed by atoms with Gasteiger partial charge in [0.2, 0.25) is 15.9 Å². The van der Waals surface area contributed by atoms with Crippen molar-refractivity contribution in [2.45, 2.75) is 24.2 Å². The van der Waals surface area contributed by atoms with Gasteiger partial charge in [-0.15, -0.1) is 11.3 Å². The Morgan fingerprint density at radius 1 is 1.25 bits per heavy atom. The van der Waals surface area contributed by atoms with Crippen LogP contribution in [0.3, 0.4) is 0 Å². The molecule has 3 aromatic rings. The molecule has 0 bridgehead atoms. The predicted octanol–water partition coefficient (Wildman–Crippen LogP) is 2.78. The molecule has 1 amide bonds. The Kier molecular flexibility index (Phi) is 4.96. The van der Waals surface area contributed by atoms with Crippen molar-refractivity contribution in [3.05, 3.63) is 59.2 Å². The standard InChI is InChI=1S/C19H18N4O3S2/c1-12-15-10-14(5-6-16(15)23-18(12)24)28(25,26)21-9-7-13-11-27-19(22-13)17-4-2-3-8-20-17/h2-6,8,10-12,21H,7,9H2,1H3,(H,23,24). The van der Waals surface area contributed by atoms with Gasteiger partial charge in [0.05, 0.1) is 22.2 Å². The second-order valence-corrected chi connectivity index (χ2v) is 9.09. The largest absolute Gasteiger partial charge is 0.325 e. The number of rotatable bonds is 6. The molecule has 1 unspecified atom stereocenters. The minimum Gasteiger partial charge on any atom is -0.325 e. The van der Waals surface area contributed by atoms with Crippen molar-refractivity contribution in [3.8, 4) is 10.7 Å². The van der Waals surface area contributed by atoms with Gasteiger partial charge >= 0.3 is 0 Å². The SMILES string of the molecule is CC1C(=O)Nc2ccc(S(=O)(=O)NCCc3csc(-c4ccccn4)n3)cc21. The van der Waals surface area contributed by atoms with Gasteiger partial charge in [-0.2, -0.15) is 0 Å². The fourth-order valence-electron chi connectivity index (χ4n) is 2.99. The van der Waals surface area contributed by atoms with Crippen LogP contribution in [0.5, 0.6) is 0 Å². The van der Waals surface area contributed by atoms with Gasteiger partial charge in [-0.1, -0.05) is 6.07 Å². The zero-order valence-corrected chi connectivity index (χ0v) is 16.7. The molecule has 0 saturated carbocycles. The van der Waals surface area contributed by atoms with Gasteiger partial charge in [0.15, 0.2) is 0 Å². The molecule has 28 heavy (non-hydrogen) atoms. The highest BCUT2D eigenvalue weighted by atomic mass is 32.2. The summed E-state index contributed by atoms with van der Waals surface area (Å²) in [5, 5.41) is 5.46. The monoisotopic (exact) mass is 414 g/mol. The van der Waals surface area contributed by atoms with E-state index in [1.807, 2.05) is 23.6 Å². The number of hydrogen-bond acceptors (Lipinski definition) is 6. The third-order valence-electron chi connectivity index (χ3n) is 4.56. The van der Waals surface area contributed by atoms with Crippen molar-refractivity contribution >= 4 is 33.0 Å². The minimum atomic E-state index is -3.66. The van der Waals surface area contributed by atoms with Gasteiger partial charge in [-0.3, -0.25) is 9.78 Å². The van der Waals surface area contributed by atoms with Gasteiger partial charge in [0, 0.05) is 30.2 Å². The summed E-state index contributed by atoms with van der Waals surface area (Å²) in [5.41, 5.74) is 2.98. The zero-order chi connectivity index (χ0) is 19.7. The number of fused-ring (bicyclic) bond motifs is 1. The van der Waals surface area contributed by atoms with Gasteiger partial charge in [0.1, 0.15) is 5.01 Å². The second-order valence-electron chi connectivity index (χ2n) is 6.47. The number of carbonyl (C=O) groups excluding carboxylic acids is 1. The first-order valence-electron chi connectivity index (χ1n) is 8.74. The number of aromatic nitrogens is 2. The molecule has 1 aromatic carbocycles. The number of amides is 1. The summed E-state index contributed by atoms with van der Waals surface area (Å²) in [6.45, 7) is 1.99. The molecular weight excluding hydrogens is 396 g/mol. The van der Waals surface area contributed by atoms with Crippen LogP contribution in [0, 0.1) is 0 Å². The molecule has 2 aromatic heterocycles. The number of benzene rings is 1. The van der Waals surface area contributed by atoms with E-state index < -0.39 is 10.0 Å². The maximum Gasteiger partial charge on any atom is 0.240 e. The van der Waals surface area contributed by atoms with Crippen LogP contribution in [0.1, 0.15) is 24.1 Å². The van der Waals surface area contributed by atoms with Gasteiger partial charge in [-0.25, -0.2) is 18.1 Å². The van der Waals surface area contributed by atoms with Crippen molar-refractivity contribution < 1.29 is 13.2 Å². The highest BCUT2D eigenvalue weighted by Gasteiger charge is 2.28. The topological polar surface area (TPSA) is 101 Å². The molecule has 7 nitrogen and oxygen atoms in total. The Morgan fingerprint density at radius 3 is 2.89 bits per heavy atom. The van der Waals surface area contributed by atoms with Crippen LogP contribution in [-0.2, 0) is 21.2 Å². The minimum absolute atomic E-state index is 0.121. The Hall–Kier alpha value is -2.62. The molecule has 0 spiro atoms. The van der Waals surface area contributed by atoms with Crippen molar-refractivity contribution in [2.75, 3.05) is 11.9 Å². The van der Waals surface area contributed by atoms with Crippen molar-refractivity contribution in [1.82, 2.24) is 14.7 Å². The van der Waals surface area contributed by atoms with Gasteiger partial charge < -0.3 is 5.32 Å². The van der Waals surface area contributed by atoms with Crippen LogP contribution in [0.2, 0.25) is 0 Å². The molecule has 3 heterocycles. The Balaban J connectivity index is 1.41. The van der Waals surface area contributed by atoms with Gasteiger partial charge in [0.25, 0.3) is 0 Å². The van der Waals surface area contributed by atoms with E-state index >= 15 is 0 Å². The molecule has 0 radical (unpaired) electrons. The van der Waals surface area contributed by atoms with E-state index in [1.165, 1.54) is 17.4 Å². The molecule has 0 aliphatic carbocycles. The van der Waals surface area contributed by atoms with E-state index in [2.05, 4.69) is 20.0 Å². The van der Waals surface area contributed by atoms with Crippen LogP contribution in [0.15, 0.2) is 52.9 Å². The normalized spacial score (nSPS) is 16.0. The first-order chi connectivity index (χ1) is 13.4. The van der Waals surface area contributed by atoms with Crippen LogP contribution < -0.4 is 10.0 Å². The lowest BCUT2D eigenvalue weighted by Crippen LogP contribution is -2.26. The summed E-state index contributed by atoms with van der Waals surface area (Å²) in [6.07, 6.45) is 2.19. The molecule has 2 N–H and O–H groups in total. The molecule has 1 aliphatic heterocycles. The lowest BCUT2D eigenvalue weighted by atomic mass is 10.0. The molecule has 0 fully saturated rings. The van der Waals surface area contributed by atoms with E-state index in [9.17, 15) is 13.2 Å². The fourth-order valence-corrected chi connectivity index (χ4v) is 4.88. The number of nitrogens with zero attached hydrogens (tertiary/aromatic N) is 2. The Bertz CT molecular complexity index is 1130. The van der Waals surface area contributed by atoms with E-state index in [0.717, 1.165) is 16.4 Å². The number of thiazole rings is 1.